The normalized spacial score (nSPS) is 16.4. The molecule has 0 atom stereocenters. The van der Waals surface area contributed by atoms with Crippen LogP contribution in [0.25, 0.3) is 11.5 Å². The van der Waals surface area contributed by atoms with E-state index in [9.17, 15) is 4.79 Å². The van der Waals surface area contributed by atoms with E-state index in [1.807, 2.05) is 42.3 Å². The van der Waals surface area contributed by atoms with E-state index in [1.54, 1.807) is 0 Å². The molecule has 0 saturated carbocycles. The molecular formula is C17H22N4O2. The zero-order valence-corrected chi connectivity index (χ0v) is 13.6. The van der Waals surface area contributed by atoms with Gasteiger partial charge in [-0.3, -0.25) is 4.79 Å². The van der Waals surface area contributed by atoms with Crippen molar-refractivity contribution in [3.05, 3.63) is 36.2 Å². The Morgan fingerprint density at radius 1 is 1.26 bits per heavy atom. The van der Waals surface area contributed by atoms with Crippen molar-refractivity contribution in [1.82, 2.24) is 20.0 Å². The van der Waals surface area contributed by atoms with Gasteiger partial charge in [-0.15, -0.1) is 10.2 Å². The van der Waals surface area contributed by atoms with Crippen LogP contribution in [0.5, 0.6) is 0 Å². The number of aromatic nitrogens is 2. The Morgan fingerprint density at radius 2 is 1.96 bits per heavy atom. The third-order valence-corrected chi connectivity index (χ3v) is 4.42. The lowest BCUT2D eigenvalue weighted by Crippen LogP contribution is -2.45. The first-order chi connectivity index (χ1) is 11.1. The summed E-state index contributed by atoms with van der Waals surface area (Å²) in [6, 6.07) is 9.88. The summed E-state index contributed by atoms with van der Waals surface area (Å²) in [5.74, 6) is 0.854. The largest absolute Gasteiger partial charge is 0.420 e. The average Bonchev–Trinajstić information content (AvgIpc) is 3.04. The molecule has 1 aromatic carbocycles. The Hall–Kier alpha value is -2.21. The number of carbonyl (C=O) groups excluding carboxylic acids is 1. The van der Waals surface area contributed by atoms with Crippen LogP contribution in [0.1, 0.15) is 18.7 Å². The van der Waals surface area contributed by atoms with Crippen molar-refractivity contribution < 1.29 is 9.21 Å². The summed E-state index contributed by atoms with van der Waals surface area (Å²) in [4.78, 5) is 16.5. The van der Waals surface area contributed by atoms with Gasteiger partial charge in [0, 0.05) is 18.7 Å². The molecule has 6 heteroatoms. The predicted molar refractivity (Wildman–Crippen MR) is 86.7 cm³/mol. The molecule has 23 heavy (non-hydrogen) atoms. The van der Waals surface area contributed by atoms with Gasteiger partial charge in [0.25, 0.3) is 0 Å². The molecule has 2 aromatic rings. The Balaban J connectivity index is 1.61. The van der Waals surface area contributed by atoms with Gasteiger partial charge in [0.1, 0.15) is 6.42 Å². The molecule has 0 unspecified atom stereocenters. The molecule has 1 fully saturated rings. The maximum Gasteiger partial charge on any atom is 0.247 e. The minimum atomic E-state index is 0.0304. The summed E-state index contributed by atoms with van der Waals surface area (Å²) in [7, 11) is 3.98. The number of nitrogens with zero attached hydrogens (tertiary/aromatic N) is 4. The molecule has 3 rings (SSSR count). The zero-order chi connectivity index (χ0) is 16.2. The van der Waals surface area contributed by atoms with Crippen molar-refractivity contribution in [3.8, 4) is 11.5 Å². The van der Waals surface area contributed by atoms with Crippen molar-refractivity contribution in [3.63, 3.8) is 0 Å². The van der Waals surface area contributed by atoms with Gasteiger partial charge < -0.3 is 14.2 Å². The van der Waals surface area contributed by atoms with Crippen LogP contribution in [0, 0.1) is 0 Å². The summed E-state index contributed by atoms with van der Waals surface area (Å²) in [6.07, 6.45) is 2.18. The zero-order valence-electron chi connectivity index (χ0n) is 13.6. The van der Waals surface area contributed by atoms with Gasteiger partial charge in [0.05, 0.1) is 0 Å². The number of rotatable bonds is 4. The Kier molecular flexibility index (Phi) is 4.71. The van der Waals surface area contributed by atoms with E-state index in [0.717, 1.165) is 31.5 Å². The Morgan fingerprint density at radius 3 is 2.65 bits per heavy atom. The number of likely N-dealkylation sites (tertiary alicyclic amines) is 1. The minimum absolute atomic E-state index is 0.0304. The highest BCUT2D eigenvalue weighted by molar-refractivity contribution is 5.78. The van der Waals surface area contributed by atoms with E-state index in [-0.39, 0.29) is 12.3 Å². The van der Waals surface area contributed by atoms with E-state index in [1.165, 1.54) is 0 Å². The molecule has 0 N–H and O–H groups in total. The fourth-order valence-corrected chi connectivity index (χ4v) is 2.86. The fraction of sp³-hybridized carbons (Fsp3) is 0.471. The molecule has 2 heterocycles. The molecule has 6 nitrogen and oxygen atoms in total. The highest BCUT2D eigenvalue weighted by Crippen LogP contribution is 2.18. The summed E-state index contributed by atoms with van der Waals surface area (Å²) in [6.45, 7) is 2.06. The second-order valence-electron chi connectivity index (χ2n) is 6.08. The summed E-state index contributed by atoms with van der Waals surface area (Å²) in [5, 5.41) is 8.03. The van der Waals surface area contributed by atoms with Gasteiger partial charge >= 0.3 is 0 Å². The molecule has 1 saturated heterocycles. The monoisotopic (exact) mass is 314 g/mol. The van der Waals surface area contributed by atoms with Crippen molar-refractivity contribution in [1.29, 1.82) is 0 Å². The third-order valence-electron chi connectivity index (χ3n) is 4.42. The first-order valence-electron chi connectivity index (χ1n) is 7.95. The van der Waals surface area contributed by atoms with Crippen LogP contribution in [0.15, 0.2) is 34.7 Å². The molecule has 0 radical (unpaired) electrons. The molecule has 122 valence electrons. The minimum Gasteiger partial charge on any atom is -0.420 e. The van der Waals surface area contributed by atoms with Gasteiger partial charge in [-0.25, -0.2) is 0 Å². The fourth-order valence-electron chi connectivity index (χ4n) is 2.86. The smallest absolute Gasteiger partial charge is 0.247 e. The Bertz CT molecular complexity index is 648. The van der Waals surface area contributed by atoms with Crippen LogP contribution >= 0.6 is 0 Å². The first-order valence-corrected chi connectivity index (χ1v) is 7.95. The van der Waals surface area contributed by atoms with E-state index >= 15 is 0 Å². The van der Waals surface area contributed by atoms with Crippen LogP contribution in [0.4, 0.5) is 0 Å². The summed E-state index contributed by atoms with van der Waals surface area (Å²) in [5.41, 5.74) is 0.863. The maximum absolute atomic E-state index is 12.4. The molecule has 0 spiro atoms. The first kappa shape index (κ1) is 15.7. The highest BCUT2D eigenvalue weighted by Gasteiger charge is 2.25. The number of piperidine rings is 1. The number of carbonyl (C=O) groups is 1. The quantitative estimate of drug-likeness (QED) is 0.861. The number of benzene rings is 1. The van der Waals surface area contributed by atoms with Crippen LogP contribution in [-0.4, -0.2) is 59.1 Å². The van der Waals surface area contributed by atoms with Crippen LogP contribution in [0.2, 0.25) is 0 Å². The highest BCUT2D eigenvalue weighted by atomic mass is 16.4. The van der Waals surface area contributed by atoms with Gasteiger partial charge in [0.15, 0.2) is 0 Å². The topological polar surface area (TPSA) is 62.5 Å². The molecular weight excluding hydrogens is 292 g/mol. The van der Waals surface area contributed by atoms with Crippen molar-refractivity contribution >= 4 is 5.91 Å². The second kappa shape index (κ2) is 6.91. The molecule has 1 aliphatic rings. The maximum atomic E-state index is 12.4. The number of amides is 1. The average molecular weight is 314 g/mol. The molecule has 1 aromatic heterocycles. The van der Waals surface area contributed by atoms with E-state index in [4.69, 9.17) is 4.42 Å². The third kappa shape index (κ3) is 3.76. The SMILES string of the molecule is CN1CCC(N(C)C(=O)Cc2nnc(-c3ccccc3)o2)CC1. The lowest BCUT2D eigenvalue weighted by Gasteiger charge is -2.34. The number of hydrogen-bond acceptors (Lipinski definition) is 5. The molecule has 0 aliphatic carbocycles. The van der Waals surface area contributed by atoms with Crippen LogP contribution < -0.4 is 0 Å². The van der Waals surface area contributed by atoms with Crippen molar-refractivity contribution in [2.75, 3.05) is 27.2 Å². The second-order valence-corrected chi connectivity index (χ2v) is 6.08. The standard InChI is InChI=1S/C17H22N4O2/c1-20-10-8-14(9-11-20)21(2)16(22)12-15-18-19-17(23-15)13-6-4-3-5-7-13/h3-7,14H,8-12H2,1-2H3. The van der Waals surface area contributed by atoms with Gasteiger partial charge in [0.2, 0.25) is 17.7 Å². The van der Waals surface area contributed by atoms with Gasteiger partial charge in [-0.2, -0.15) is 0 Å². The lowest BCUT2D eigenvalue weighted by molar-refractivity contribution is -0.132. The lowest BCUT2D eigenvalue weighted by atomic mass is 10.0. The van der Waals surface area contributed by atoms with Gasteiger partial charge in [-0.05, 0) is 45.1 Å². The van der Waals surface area contributed by atoms with Gasteiger partial charge in [-0.1, -0.05) is 18.2 Å². The van der Waals surface area contributed by atoms with E-state index < -0.39 is 0 Å². The molecule has 1 amide bonds. The Labute approximate surface area is 136 Å². The summed E-state index contributed by atoms with van der Waals surface area (Å²) >= 11 is 0. The van der Waals surface area contributed by atoms with Crippen LogP contribution in [-0.2, 0) is 11.2 Å². The number of likely N-dealkylation sites (N-methyl/N-ethyl adjacent to an activating group) is 1. The van der Waals surface area contributed by atoms with Crippen molar-refractivity contribution in [2.24, 2.45) is 0 Å². The number of hydrogen-bond donors (Lipinski definition) is 0. The molecule has 1 aliphatic heterocycles. The molecule has 0 bridgehead atoms. The predicted octanol–water partition coefficient (Wildman–Crippen LogP) is 1.83. The summed E-state index contributed by atoms with van der Waals surface area (Å²) < 4.78 is 5.62. The van der Waals surface area contributed by atoms with Crippen molar-refractivity contribution in [2.45, 2.75) is 25.3 Å². The van der Waals surface area contributed by atoms with E-state index in [2.05, 4.69) is 22.1 Å². The van der Waals surface area contributed by atoms with E-state index in [0.29, 0.717) is 17.8 Å². The van der Waals surface area contributed by atoms with Crippen LogP contribution in [0.3, 0.4) is 0 Å².